The SMILES string of the molecule is CCCn1cc(CN2CCO[C@@H](c3ccc(Cl)c(Cl)c3)C2)c(C)n1. The molecule has 0 radical (unpaired) electrons. The molecule has 0 bridgehead atoms. The lowest BCUT2D eigenvalue weighted by atomic mass is 10.1. The monoisotopic (exact) mass is 367 g/mol. The predicted octanol–water partition coefficient (Wildman–Crippen LogP) is 4.48. The van der Waals surface area contributed by atoms with Crippen LogP contribution in [0, 0.1) is 6.92 Å². The molecule has 1 aromatic carbocycles. The van der Waals surface area contributed by atoms with E-state index in [2.05, 4.69) is 30.0 Å². The largest absolute Gasteiger partial charge is 0.371 e. The number of benzene rings is 1. The average molecular weight is 368 g/mol. The molecule has 130 valence electrons. The van der Waals surface area contributed by atoms with Crippen LogP contribution in [-0.2, 0) is 17.8 Å². The summed E-state index contributed by atoms with van der Waals surface area (Å²) >= 11 is 12.1. The second-order valence-electron chi connectivity index (χ2n) is 6.27. The highest BCUT2D eigenvalue weighted by atomic mass is 35.5. The van der Waals surface area contributed by atoms with Crippen molar-refractivity contribution in [3.8, 4) is 0 Å². The Labute approximate surface area is 153 Å². The first-order valence-electron chi connectivity index (χ1n) is 8.38. The van der Waals surface area contributed by atoms with Gasteiger partial charge in [-0.25, -0.2) is 0 Å². The third-order valence-electron chi connectivity index (χ3n) is 4.36. The van der Waals surface area contributed by atoms with E-state index in [0.29, 0.717) is 16.7 Å². The first-order chi connectivity index (χ1) is 11.6. The van der Waals surface area contributed by atoms with Crippen molar-refractivity contribution in [1.29, 1.82) is 0 Å². The van der Waals surface area contributed by atoms with Crippen LogP contribution >= 0.6 is 23.2 Å². The van der Waals surface area contributed by atoms with Gasteiger partial charge in [0.2, 0.25) is 0 Å². The molecular formula is C18H23Cl2N3O. The van der Waals surface area contributed by atoms with Crippen LogP contribution in [0.5, 0.6) is 0 Å². The number of aryl methyl sites for hydroxylation is 2. The molecule has 0 N–H and O–H groups in total. The number of hydrogen-bond acceptors (Lipinski definition) is 3. The molecule has 0 aliphatic carbocycles. The van der Waals surface area contributed by atoms with Crippen LogP contribution in [0.4, 0.5) is 0 Å². The van der Waals surface area contributed by atoms with Gasteiger partial charge in [0.1, 0.15) is 0 Å². The molecular weight excluding hydrogens is 345 g/mol. The molecule has 0 saturated carbocycles. The van der Waals surface area contributed by atoms with Crippen molar-refractivity contribution in [3.63, 3.8) is 0 Å². The van der Waals surface area contributed by atoms with E-state index in [1.54, 1.807) is 0 Å². The van der Waals surface area contributed by atoms with Crippen molar-refractivity contribution in [2.75, 3.05) is 19.7 Å². The van der Waals surface area contributed by atoms with Gasteiger partial charge in [-0.1, -0.05) is 36.2 Å². The van der Waals surface area contributed by atoms with Gasteiger partial charge in [-0.3, -0.25) is 9.58 Å². The zero-order valence-corrected chi connectivity index (χ0v) is 15.6. The smallest absolute Gasteiger partial charge is 0.0953 e. The molecule has 3 rings (SSSR count). The number of ether oxygens (including phenoxy) is 1. The first-order valence-corrected chi connectivity index (χ1v) is 9.14. The molecule has 0 unspecified atom stereocenters. The fourth-order valence-corrected chi connectivity index (χ4v) is 3.37. The Morgan fingerprint density at radius 1 is 1.29 bits per heavy atom. The summed E-state index contributed by atoms with van der Waals surface area (Å²) in [6, 6.07) is 5.73. The topological polar surface area (TPSA) is 30.3 Å². The van der Waals surface area contributed by atoms with E-state index in [0.717, 1.165) is 43.9 Å². The van der Waals surface area contributed by atoms with Crippen molar-refractivity contribution in [3.05, 3.63) is 51.3 Å². The molecule has 24 heavy (non-hydrogen) atoms. The normalized spacial score (nSPS) is 18.9. The van der Waals surface area contributed by atoms with Crippen LogP contribution in [0.1, 0.15) is 36.3 Å². The van der Waals surface area contributed by atoms with E-state index in [4.69, 9.17) is 27.9 Å². The number of halogens is 2. The van der Waals surface area contributed by atoms with Gasteiger partial charge in [-0.2, -0.15) is 5.10 Å². The van der Waals surface area contributed by atoms with Crippen molar-refractivity contribution >= 4 is 23.2 Å². The van der Waals surface area contributed by atoms with Crippen molar-refractivity contribution in [2.24, 2.45) is 0 Å². The molecule has 1 saturated heterocycles. The van der Waals surface area contributed by atoms with Gasteiger partial charge < -0.3 is 4.74 Å². The van der Waals surface area contributed by atoms with Gasteiger partial charge in [0.05, 0.1) is 28.5 Å². The zero-order valence-electron chi connectivity index (χ0n) is 14.1. The van der Waals surface area contributed by atoms with Crippen LogP contribution < -0.4 is 0 Å². The van der Waals surface area contributed by atoms with E-state index in [1.165, 1.54) is 5.56 Å². The van der Waals surface area contributed by atoms with Crippen LogP contribution in [0.3, 0.4) is 0 Å². The lowest BCUT2D eigenvalue weighted by Gasteiger charge is -2.33. The summed E-state index contributed by atoms with van der Waals surface area (Å²) in [6.45, 7) is 8.60. The highest BCUT2D eigenvalue weighted by molar-refractivity contribution is 6.42. The average Bonchev–Trinajstić information content (AvgIpc) is 2.90. The summed E-state index contributed by atoms with van der Waals surface area (Å²) in [7, 11) is 0. The fourth-order valence-electron chi connectivity index (χ4n) is 3.06. The third kappa shape index (κ3) is 4.12. The Morgan fingerprint density at radius 2 is 2.12 bits per heavy atom. The zero-order chi connectivity index (χ0) is 17.1. The molecule has 1 aromatic heterocycles. The molecule has 1 atom stereocenters. The van der Waals surface area contributed by atoms with Gasteiger partial charge in [0.25, 0.3) is 0 Å². The van der Waals surface area contributed by atoms with Crippen molar-refractivity contribution in [1.82, 2.24) is 14.7 Å². The van der Waals surface area contributed by atoms with E-state index in [-0.39, 0.29) is 6.10 Å². The third-order valence-corrected chi connectivity index (χ3v) is 5.10. The van der Waals surface area contributed by atoms with E-state index in [1.807, 2.05) is 22.9 Å². The molecule has 1 aliphatic heterocycles. The lowest BCUT2D eigenvalue weighted by Crippen LogP contribution is -2.37. The highest BCUT2D eigenvalue weighted by Crippen LogP contribution is 2.29. The molecule has 2 heterocycles. The molecule has 0 amide bonds. The Bertz CT molecular complexity index is 702. The second kappa shape index (κ2) is 7.87. The molecule has 2 aromatic rings. The van der Waals surface area contributed by atoms with E-state index >= 15 is 0 Å². The van der Waals surface area contributed by atoms with Crippen LogP contribution in [0.15, 0.2) is 24.4 Å². The summed E-state index contributed by atoms with van der Waals surface area (Å²) in [5.41, 5.74) is 3.48. The molecule has 1 fully saturated rings. The van der Waals surface area contributed by atoms with Gasteiger partial charge in [-0.05, 0) is 31.0 Å². The molecule has 1 aliphatic rings. The van der Waals surface area contributed by atoms with Crippen LogP contribution in [0.25, 0.3) is 0 Å². The maximum atomic E-state index is 6.14. The van der Waals surface area contributed by atoms with Gasteiger partial charge >= 0.3 is 0 Å². The lowest BCUT2D eigenvalue weighted by molar-refractivity contribution is -0.0329. The van der Waals surface area contributed by atoms with Gasteiger partial charge in [0, 0.05) is 37.9 Å². The number of hydrogen-bond donors (Lipinski definition) is 0. The minimum absolute atomic E-state index is 0.0273. The van der Waals surface area contributed by atoms with Crippen molar-refractivity contribution < 1.29 is 4.74 Å². The predicted molar refractivity (Wildman–Crippen MR) is 97.7 cm³/mol. The van der Waals surface area contributed by atoms with E-state index < -0.39 is 0 Å². The minimum atomic E-state index is 0.0273. The number of morpholine rings is 1. The first kappa shape index (κ1) is 17.7. The quantitative estimate of drug-likeness (QED) is 0.780. The second-order valence-corrected chi connectivity index (χ2v) is 7.09. The fraction of sp³-hybridized carbons (Fsp3) is 0.500. The van der Waals surface area contributed by atoms with Crippen molar-refractivity contribution in [2.45, 2.75) is 39.5 Å². The molecule has 6 heteroatoms. The van der Waals surface area contributed by atoms with Crippen LogP contribution in [-0.4, -0.2) is 34.4 Å². The van der Waals surface area contributed by atoms with Gasteiger partial charge in [-0.15, -0.1) is 0 Å². The number of aromatic nitrogens is 2. The van der Waals surface area contributed by atoms with E-state index in [9.17, 15) is 0 Å². The summed E-state index contributed by atoms with van der Waals surface area (Å²) < 4.78 is 7.98. The standard InChI is InChI=1S/C18H23Cl2N3O/c1-3-6-23-11-15(13(2)21-23)10-22-7-8-24-18(12-22)14-4-5-16(19)17(20)9-14/h4-5,9,11,18H,3,6-8,10,12H2,1-2H3/t18-/m1/s1. The Kier molecular flexibility index (Phi) is 5.82. The number of rotatable bonds is 5. The molecule has 0 spiro atoms. The maximum Gasteiger partial charge on any atom is 0.0953 e. The van der Waals surface area contributed by atoms with Gasteiger partial charge in [0.15, 0.2) is 0 Å². The molecule has 4 nitrogen and oxygen atoms in total. The highest BCUT2D eigenvalue weighted by Gasteiger charge is 2.23. The minimum Gasteiger partial charge on any atom is -0.371 e. The summed E-state index contributed by atoms with van der Waals surface area (Å²) in [6.07, 6.45) is 3.29. The summed E-state index contributed by atoms with van der Waals surface area (Å²) in [5, 5.41) is 5.74. The Morgan fingerprint density at radius 3 is 2.88 bits per heavy atom. The summed E-state index contributed by atoms with van der Waals surface area (Å²) in [5.74, 6) is 0. The Balaban J connectivity index is 1.68. The maximum absolute atomic E-state index is 6.14. The number of nitrogens with zero attached hydrogens (tertiary/aromatic N) is 3. The van der Waals surface area contributed by atoms with Crippen LogP contribution in [0.2, 0.25) is 10.0 Å². The summed E-state index contributed by atoms with van der Waals surface area (Å²) in [4.78, 5) is 2.41. The Hall–Kier alpha value is -1.07.